The van der Waals surface area contributed by atoms with Crippen molar-refractivity contribution in [2.24, 2.45) is 58.2 Å². The first kappa shape index (κ1) is 30.4. The summed E-state index contributed by atoms with van der Waals surface area (Å²) in [6, 6.07) is 16.6. The molecular formula is C50H62. The fourth-order valence-electron chi connectivity index (χ4n) is 17.3. The zero-order chi connectivity index (χ0) is 33.4. The van der Waals surface area contributed by atoms with Gasteiger partial charge in [0, 0.05) is 11.3 Å². The van der Waals surface area contributed by atoms with Gasteiger partial charge in [-0.25, -0.2) is 0 Å². The zero-order valence-electron chi connectivity index (χ0n) is 31.8. The maximum Gasteiger partial charge on any atom is 0.0199 e. The van der Waals surface area contributed by atoms with Gasteiger partial charge in [-0.3, -0.25) is 0 Å². The molecule has 9 saturated carbocycles. The van der Waals surface area contributed by atoms with Crippen molar-refractivity contribution in [2.75, 3.05) is 0 Å². The molecule has 262 valence electrons. The normalized spacial score (nSPS) is 45.9. The quantitative estimate of drug-likeness (QED) is 0.307. The smallest absolute Gasteiger partial charge is 0.0199 e. The zero-order valence-corrected chi connectivity index (χ0v) is 31.8. The largest absolute Gasteiger partial charge is 0.0605 e. The first-order valence-electron chi connectivity index (χ1n) is 21.8. The van der Waals surface area contributed by atoms with Crippen LogP contribution in [0.3, 0.4) is 0 Å². The Labute approximate surface area is 303 Å². The number of hydrogen-bond donors (Lipinski definition) is 0. The standard InChI is InChI=1S/C50H62/c1-47(2,3)37-21-43-38-7-5-6-8-44(38)48(4,45(43)22-37)46-39-11-9-35(49-23-29-13-30(24-49)15-31(14-29)25-49)19-41(39)42-20-36(10-12-40(42)46)50-26-32-16-33(27-50)18-34(17-32)28-50/h9-12,19-20,22,29-34,38,44,46H,5-8,13-18,21,23-28H2,1-4H3. The van der Waals surface area contributed by atoms with Gasteiger partial charge < -0.3 is 0 Å². The van der Waals surface area contributed by atoms with E-state index in [9.17, 15) is 0 Å². The molecule has 0 spiro atoms. The Kier molecular flexibility index (Phi) is 6.02. The minimum atomic E-state index is 0.178. The summed E-state index contributed by atoms with van der Waals surface area (Å²) in [5.74, 6) is 8.03. The highest BCUT2D eigenvalue weighted by atomic mass is 14.6. The molecule has 0 nitrogen and oxygen atoms in total. The monoisotopic (exact) mass is 662 g/mol. The molecule has 3 atom stereocenters. The summed E-state index contributed by atoms with van der Waals surface area (Å²) >= 11 is 0. The van der Waals surface area contributed by atoms with Crippen molar-refractivity contribution in [1.29, 1.82) is 0 Å². The number of rotatable bonds is 3. The van der Waals surface area contributed by atoms with E-state index in [1.54, 1.807) is 44.5 Å². The molecule has 12 aliphatic rings. The van der Waals surface area contributed by atoms with E-state index in [0.29, 0.717) is 16.7 Å². The van der Waals surface area contributed by atoms with Gasteiger partial charge >= 0.3 is 0 Å². The third kappa shape index (κ3) is 3.96. The Morgan fingerprint density at radius 2 is 1.06 bits per heavy atom. The SMILES string of the molecule is CC(C)(C)C1=CC2=C(C1)C1CCCCC1C2(C)C1c2ccc(C34CC5CC(CC(C5)C3)C4)cc2-c2cc(C34CC5CC(CC(C5)C3)C4)ccc21. The van der Waals surface area contributed by atoms with Crippen molar-refractivity contribution < 1.29 is 0 Å². The van der Waals surface area contributed by atoms with Crippen LogP contribution in [0.1, 0.15) is 165 Å². The highest BCUT2D eigenvalue weighted by Crippen LogP contribution is 2.70. The van der Waals surface area contributed by atoms with Crippen molar-refractivity contribution in [2.45, 2.75) is 154 Å². The summed E-state index contributed by atoms with van der Waals surface area (Å²) in [5.41, 5.74) is 16.9. The van der Waals surface area contributed by atoms with Crippen LogP contribution in [-0.4, -0.2) is 0 Å². The average molecular weight is 663 g/mol. The summed E-state index contributed by atoms with van der Waals surface area (Å²) in [6.07, 6.45) is 27.8. The number of benzene rings is 2. The lowest BCUT2D eigenvalue weighted by atomic mass is 9.48. The van der Waals surface area contributed by atoms with Gasteiger partial charge in [-0.05, 0) is 199 Å². The van der Waals surface area contributed by atoms with E-state index in [1.165, 1.54) is 109 Å². The van der Waals surface area contributed by atoms with E-state index in [4.69, 9.17) is 0 Å². The molecule has 0 heteroatoms. The second-order valence-electron chi connectivity index (χ2n) is 22.2. The minimum absolute atomic E-state index is 0.178. The molecule has 8 bridgehead atoms. The van der Waals surface area contributed by atoms with Crippen LogP contribution in [0.5, 0.6) is 0 Å². The summed E-state index contributed by atoms with van der Waals surface area (Å²) in [4.78, 5) is 0. The molecule has 0 aromatic heterocycles. The van der Waals surface area contributed by atoms with Crippen molar-refractivity contribution in [1.82, 2.24) is 0 Å². The van der Waals surface area contributed by atoms with Gasteiger partial charge in [-0.2, -0.15) is 0 Å². The molecule has 0 N–H and O–H groups in total. The van der Waals surface area contributed by atoms with Crippen LogP contribution >= 0.6 is 0 Å². The van der Waals surface area contributed by atoms with Gasteiger partial charge in [0.25, 0.3) is 0 Å². The predicted molar refractivity (Wildman–Crippen MR) is 206 cm³/mol. The van der Waals surface area contributed by atoms with Crippen molar-refractivity contribution in [3.63, 3.8) is 0 Å². The average Bonchev–Trinajstić information content (AvgIpc) is 3.73. The highest BCUT2D eigenvalue weighted by Gasteiger charge is 2.59. The summed E-state index contributed by atoms with van der Waals surface area (Å²) in [7, 11) is 0. The lowest BCUT2D eigenvalue weighted by Gasteiger charge is -2.57. The van der Waals surface area contributed by atoms with Crippen LogP contribution in [-0.2, 0) is 10.8 Å². The molecule has 0 heterocycles. The maximum absolute atomic E-state index is 2.85. The lowest BCUT2D eigenvalue weighted by Crippen LogP contribution is -2.48. The van der Waals surface area contributed by atoms with Crippen molar-refractivity contribution in [3.05, 3.63) is 81.4 Å². The molecule has 50 heavy (non-hydrogen) atoms. The second kappa shape index (κ2) is 9.91. The summed E-state index contributed by atoms with van der Waals surface area (Å²) in [5, 5.41) is 0. The lowest BCUT2D eigenvalue weighted by molar-refractivity contribution is -0.00534. The fourth-order valence-corrected chi connectivity index (χ4v) is 17.3. The van der Waals surface area contributed by atoms with E-state index in [1.807, 2.05) is 5.57 Å². The predicted octanol–water partition coefficient (Wildman–Crippen LogP) is 13.2. The molecule has 0 aliphatic heterocycles. The first-order valence-corrected chi connectivity index (χ1v) is 21.8. The molecule has 9 fully saturated rings. The van der Waals surface area contributed by atoms with Crippen LogP contribution in [0.25, 0.3) is 11.1 Å². The molecule has 3 unspecified atom stereocenters. The number of fused-ring (bicyclic) bond motifs is 5. The van der Waals surface area contributed by atoms with Gasteiger partial charge in [0.2, 0.25) is 0 Å². The molecular weight excluding hydrogens is 601 g/mol. The molecule has 2 aromatic carbocycles. The molecule has 0 amide bonds. The summed E-state index contributed by atoms with van der Waals surface area (Å²) < 4.78 is 0. The van der Waals surface area contributed by atoms with Gasteiger partial charge in [-0.15, -0.1) is 0 Å². The summed E-state index contributed by atoms with van der Waals surface area (Å²) in [6.45, 7) is 10.2. The Hall–Kier alpha value is -2.08. The minimum Gasteiger partial charge on any atom is -0.0605 e. The molecule has 12 aliphatic carbocycles. The van der Waals surface area contributed by atoms with Gasteiger partial charge in [0.05, 0.1) is 0 Å². The van der Waals surface area contributed by atoms with Gasteiger partial charge in [-0.1, -0.05) is 94.2 Å². The Balaban J connectivity index is 1.04. The van der Waals surface area contributed by atoms with E-state index < -0.39 is 0 Å². The molecule has 0 saturated heterocycles. The Morgan fingerprint density at radius 1 is 0.600 bits per heavy atom. The maximum atomic E-state index is 2.85. The molecule has 2 aromatic rings. The van der Waals surface area contributed by atoms with Crippen LogP contribution < -0.4 is 0 Å². The van der Waals surface area contributed by atoms with Gasteiger partial charge in [0.15, 0.2) is 0 Å². The van der Waals surface area contributed by atoms with Crippen molar-refractivity contribution in [3.8, 4) is 11.1 Å². The van der Waals surface area contributed by atoms with E-state index in [2.05, 4.69) is 70.2 Å². The van der Waals surface area contributed by atoms with Crippen molar-refractivity contribution >= 4 is 0 Å². The number of hydrogen-bond acceptors (Lipinski definition) is 0. The van der Waals surface area contributed by atoms with Crippen LogP contribution in [0.2, 0.25) is 0 Å². The van der Waals surface area contributed by atoms with Crippen LogP contribution in [0, 0.1) is 58.2 Å². The van der Waals surface area contributed by atoms with E-state index in [0.717, 1.165) is 47.3 Å². The fraction of sp³-hybridized carbons (Fsp3) is 0.680. The van der Waals surface area contributed by atoms with Crippen LogP contribution in [0.4, 0.5) is 0 Å². The molecule has 0 radical (unpaired) electrons. The second-order valence-corrected chi connectivity index (χ2v) is 22.2. The van der Waals surface area contributed by atoms with E-state index in [-0.39, 0.29) is 10.8 Å². The first-order chi connectivity index (χ1) is 24.1. The van der Waals surface area contributed by atoms with Gasteiger partial charge in [0.1, 0.15) is 0 Å². The van der Waals surface area contributed by atoms with E-state index >= 15 is 0 Å². The highest BCUT2D eigenvalue weighted by molar-refractivity contribution is 5.82. The molecule has 14 rings (SSSR count). The third-order valence-corrected chi connectivity index (χ3v) is 18.5. The number of allylic oxidation sites excluding steroid dienone is 4. The van der Waals surface area contributed by atoms with Crippen LogP contribution in [0.15, 0.2) is 59.2 Å². The third-order valence-electron chi connectivity index (χ3n) is 18.5. The topological polar surface area (TPSA) is 0 Å². The Morgan fingerprint density at radius 3 is 1.52 bits per heavy atom. The Bertz CT molecular complexity index is 1700.